The Balaban J connectivity index is 1.38. The number of halogens is 1. The first kappa shape index (κ1) is 17.0. The van der Waals surface area contributed by atoms with Crippen molar-refractivity contribution in [3.05, 3.63) is 46.9 Å². The average Bonchev–Trinajstić information content (AvgIpc) is 3.12. The van der Waals surface area contributed by atoms with Gasteiger partial charge in [-0.25, -0.2) is 4.79 Å². The number of hydrogen-bond acceptors (Lipinski definition) is 4. The van der Waals surface area contributed by atoms with Gasteiger partial charge in [0.05, 0.1) is 5.69 Å². The first-order valence-corrected chi connectivity index (χ1v) is 9.45. The molecule has 2 aliphatic heterocycles. The van der Waals surface area contributed by atoms with E-state index in [9.17, 15) is 4.79 Å². The molecular weight excluding hydrogens is 398 g/mol. The first-order chi connectivity index (χ1) is 12.7. The van der Waals surface area contributed by atoms with Crippen LogP contribution in [-0.2, 0) is 0 Å². The quantitative estimate of drug-likeness (QED) is 0.793. The Hall–Kier alpha value is -2.41. The van der Waals surface area contributed by atoms with Gasteiger partial charge in [-0.3, -0.25) is 0 Å². The van der Waals surface area contributed by atoms with E-state index in [4.69, 9.17) is 9.47 Å². The molecule has 0 radical (unpaired) electrons. The molecule has 0 aromatic heterocycles. The van der Waals surface area contributed by atoms with Gasteiger partial charge in [-0.2, -0.15) is 0 Å². The number of carbonyl (C=O) groups excluding carboxylic acids is 1. The maximum atomic E-state index is 12.6. The molecule has 1 unspecified atom stereocenters. The summed E-state index contributed by atoms with van der Waals surface area (Å²) in [7, 11) is 0. The van der Waals surface area contributed by atoms with Crippen LogP contribution in [0.25, 0.3) is 0 Å². The monoisotopic (exact) mass is 417 g/mol. The summed E-state index contributed by atoms with van der Waals surface area (Å²) in [5.74, 6) is 1.34. The molecule has 2 heterocycles. The lowest BCUT2D eigenvalue weighted by Gasteiger charge is -2.22. The van der Waals surface area contributed by atoms with Crippen LogP contribution in [0.2, 0.25) is 0 Å². The van der Waals surface area contributed by atoms with Gasteiger partial charge in [0.2, 0.25) is 0 Å². The van der Waals surface area contributed by atoms with Crippen LogP contribution >= 0.6 is 15.9 Å². The number of nitrogens with zero attached hydrogens (tertiary/aromatic N) is 1. The first-order valence-electron chi connectivity index (χ1n) is 8.66. The van der Waals surface area contributed by atoms with E-state index in [-0.39, 0.29) is 12.1 Å². The van der Waals surface area contributed by atoms with Crippen molar-refractivity contribution < 1.29 is 14.3 Å². The van der Waals surface area contributed by atoms with Crippen LogP contribution < -0.4 is 20.1 Å². The van der Waals surface area contributed by atoms with Crippen molar-refractivity contribution in [3.8, 4) is 11.5 Å². The molecular formula is C19H20BrN3O3. The predicted octanol–water partition coefficient (Wildman–Crippen LogP) is 3.94. The van der Waals surface area contributed by atoms with Crippen molar-refractivity contribution in [2.45, 2.75) is 12.5 Å². The van der Waals surface area contributed by atoms with E-state index in [1.54, 1.807) is 6.07 Å². The topological polar surface area (TPSA) is 62.8 Å². The number of rotatable bonds is 3. The summed E-state index contributed by atoms with van der Waals surface area (Å²) in [6, 6.07) is 13.8. The molecule has 0 bridgehead atoms. The fourth-order valence-corrected chi connectivity index (χ4v) is 3.61. The molecule has 1 saturated heterocycles. The molecule has 6 nitrogen and oxygen atoms in total. The smallest absolute Gasteiger partial charge is 0.321 e. The summed E-state index contributed by atoms with van der Waals surface area (Å²) in [6.07, 6.45) is 0.921. The summed E-state index contributed by atoms with van der Waals surface area (Å²) in [5, 5.41) is 6.44. The standard InChI is InChI=1S/C19H20BrN3O3/c20-15-10-17-18(26-9-8-25-17)11-16(15)22-19(24)23-7-6-14(12-23)21-13-4-2-1-3-5-13/h1-5,10-11,14,21H,6-9,12H2,(H,22,24). The Bertz CT molecular complexity index is 800. The van der Waals surface area contributed by atoms with Crippen LogP contribution in [0, 0.1) is 0 Å². The molecule has 7 heteroatoms. The maximum Gasteiger partial charge on any atom is 0.321 e. The molecule has 0 aliphatic carbocycles. The largest absolute Gasteiger partial charge is 0.486 e. The van der Waals surface area contributed by atoms with Crippen LogP contribution in [0.15, 0.2) is 46.9 Å². The maximum absolute atomic E-state index is 12.6. The van der Waals surface area contributed by atoms with Gasteiger partial charge in [0.1, 0.15) is 13.2 Å². The van der Waals surface area contributed by atoms with Crippen molar-refractivity contribution >= 4 is 33.3 Å². The number of hydrogen-bond donors (Lipinski definition) is 2. The molecule has 2 aromatic carbocycles. The predicted molar refractivity (Wildman–Crippen MR) is 104 cm³/mol. The lowest BCUT2D eigenvalue weighted by Crippen LogP contribution is -2.35. The third-order valence-electron chi connectivity index (χ3n) is 4.49. The Morgan fingerprint density at radius 3 is 2.62 bits per heavy atom. The van der Waals surface area contributed by atoms with E-state index >= 15 is 0 Å². The van der Waals surface area contributed by atoms with Crippen molar-refractivity contribution in [1.29, 1.82) is 0 Å². The van der Waals surface area contributed by atoms with Crippen molar-refractivity contribution in [1.82, 2.24) is 4.90 Å². The number of amides is 2. The van der Waals surface area contributed by atoms with E-state index in [0.717, 1.165) is 23.1 Å². The zero-order valence-electron chi connectivity index (χ0n) is 14.2. The summed E-state index contributed by atoms with van der Waals surface area (Å²) >= 11 is 3.49. The molecule has 0 saturated carbocycles. The zero-order valence-corrected chi connectivity index (χ0v) is 15.8. The van der Waals surface area contributed by atoms with Gasteiger partial charge in [-0.1, -0.05) is 18.2 Å². The van der Waals surface area contributed by atoms with Gasteiger partial charge >= 0.3 is 6.03 Å². The molecule has 2 amide bonds. The highest BCUT2D eigenvalue weighted by atomic mass is 79.9. The minimum Gasteiger partial charge on any atom is -0.486 e. The molecule has 2 N–H and O–H groups in total. The van der Waals surface area contributed by atoms with Crippen LogP contribution in [0.4, 0.5) is 16.2 Å². The zero-order chi connectivity index (χ0) is 17.9. The second-order valence-corrected chi connectivity index (χ2v) is 7.20. The molecule has 2 aromatic rings. The molecule has 2 aliphatic rings. The molecule has 1 atom stereocenters. The third kappa shape index (κ3) is 3.72. The van der Waals surface area contributed by atoms with E-state index in [1.165, 1.54) is 0 Å². The number of anilines is 2. The fourth-order valence-electron chi connectivity index (χ4n) is 3.19. The van der Waals surface area contributed by atoms with Crippen molar-refractivity contribution in [2.24, 2.45) is 0 Å². The fraction of sp³-hybridized carbons (Fsp3) is 0.316. The molecule has 26 heavy (non-hydrogen) atoms. The highest BCUT2D eigenvalue weighted by Crippen LogP contribution is 2.38. The van der Waals surface area contributed by atoms with Gasteiger partial charge in [0.15, 0.2) is 11.5 Å². The lowest BCUT2D eigenvalue weighted by atomic mass is 10.2. The number of para-hydroxylation sites is 1. The minimum absolute atomic E-state index is 0.111. The van der Waals surface area contributed by atoms with Crippen molar-refractivity contribution in [2.75, 3.05) is 36.9 Å². The second kappa shape index (κ2) is 7.45. The SMILES string of the molecule is O=C(Nc1cc2c(cc1Br)OCCO2)N1CCC(Nc2ccccc2)C1. The lowest BCUT2D eigenvalue weighted by molar-refractivity contribution is 0.171. The highest BCUT2D eigenvalue weighted by molar-refractivity contribution is 9.10. The Morgan fingerprint density at radius 2 is 1.85 bits per heavy atom. The molecule has 1 fully saturated rings. The summed E-state index contributed by atoms with van der Waals surface area (Å²) < 4.78 is 11.9. The van der Waals surface area contributed by atoms with E-state index in [2.05, 4.69) is 26.6 Å². The Labute approximate surface area is 160 Å². The van der Waals surface area contributed by atoms with Gasteiger partial charge in [0.25, 0.3) is 0 Å². The Kier molecular flexibility index (Phi) is 4.88. The van der Waals surface area contributed by atoms with Crippen LogP contribution in [-0.4, -0.2) is 43.3 Å². The average molecular weight is 418 g/mol. The second-order valence-electron chi connectivity index (χ2n) is 6.35. The number of fused-ring (bicyclic) bond motifs is 1. The van der Waals surface area contributed by atoms with Gasteiger partial charge in [-0.15, -0.1) is 0 Å². The molecule has 136 valence electrons. The van der Waals surface area contributed by atoms with Gasteiger partial charge in [0, 0.05) is 41.4 Å². The number of benzene rings is 2. The molecule has 4 rings (SSSR count). The Morgan fingerprint density at radius 1 is 1.12 bits per heavy atom. The van der Waals surface area contributed by atoms with E-state index < -0.39 is 0 Å². The van der Waals surface area contributed by atoms with E-state index in [0.29, 0.717) is 36.9 Å². The highest BCUT2D eigenvalue weighted by Gasteiger charge is 2.27. The minimum atomic E-state index is -0.111. The van der Waals surface area contributed by atoms with E-state index in [1.807, 2.05) is 41.3 Å². The number of ether oxygens (including phenoxy) is 2. The van der Waals surface area contributed by atoms with Crippen molar-refractivity contribution in [3.63, 3.8) is 0 Å². The number of urea groups is 1. The number of nitrogens with one attached hydrogen (secondary N) is 2. The third-order valence-corrected chi connectivity index (χ3v) is 5.15. The van der Waals surface area contributed by atoms with Crippen LogP contribution in [0.5, 0.6) is 11.5 Å². The van der Waals surface area contributed by atoms with Gasteiger partial charge < -0.3 is 25.0 Å². The normalized spacial score (nSPS) is 18.5. The van der Waals surface area contributed by atoms with Crippen LogP contribution in [0.3, 0.4) is 0 Å². The number of carbonyl (C=O) groups is 1. The summed E-state index contributed by atoms with van der Waals surface area (Å²) in [4.78, 5) is 14.5. The van der Waals surface area contributed by atoms with Crippen LogP contribution in [0.1, 0.15) is 6.42 Å². The van der Waals surface area contributed by atoms with Gasteiger partial charge in [-0.05, 0) is 34.5 Å². The summed E-state index contributed by atoms with van der Waals surface area (Å²) in [5.41, 5.74) is 1.76. The number of likely N-dealkylation sites (tertiary alicyclic amines) is 1. The molecule has 0 spiro atoms. The summed E-state index contributed by atoms with van der Waals surface area (Å²) in [6.45, 7) is 2.44.